The van der Waals surface area contributed by atoms with Gasteiger partial charge in [-0.05, 0) is 99.8 Å². The number of anilines is 3. The Kier molecular flexibility index (Phi) is 6.39. The van der Waals surface area contributed by atoms with Gasteiger partial charge in [0.05, 0.1) is 0 Å². The summed E-state index contributed by atoms with van der Waals surface area (Å²) < 4.78 is 8.82. The molecule has 2 aromatic heterocycles. The van der Waals surface area contributed by atoms with E-state index in [1.807, 2.05) is 23.5 Å². The highest BCUT2D eigenvalue weighted by molar-refractivity contribution is 7.25. The van der Waals surface area contributed by atoms with Crippen LogP contribution in [0.5, 0.6) is 0 Å². The third kappa shape index (κ3) is 4.70. The maximum Gasteiger partial charge on any atom is 0.136 e. The van der Waals surface area contributed by atoms with Gasteiger partial charge in [-0.25, -0.2) is 0 Å². The maximum atomic E-state index is 6.22. The van der Waals surface area contributed by atoms with E-state index in [1.54, 1.807) is 0 Å². The zero-order valence-electron chi connectivity index (χ0n) is 26.5. The topological polar surface area (TPSA) is 16.4 Å². The van der Waals surface area contributed by atoms with Crippen LogP contribution in [0.3, 0.4) is 0 Å². The van der Waals surface area contributed by atoms with Crippen LogP contribution in [0.25, 0.3) is 75.1 Å². The number of furan rings is 1. The van der Waals surface area contributed by atoms with Crippen molar-refractivity contribution in [2.24, 2.45) is 0 Å². The largest absolute Gasteiger partial charge is 0.456 e. The van der Waals surface area contributed by atoms with Crippen LogP contribution in [-0.4, -0.2) is 0 Å². The molecule has 3 heteroatoms. The number of benzene rings is 8. The molecule has 2 nitrogen and oxygen atoms in total. The van der Waals surface area contributed by atoms with E-state index < -0.39 is 0 Å². The van der Waals surface area contributed by atoms with Gasteiger partial charge in [0.1, 0.15) is 11.2 Å². The van der Waals surface area contributed by atoms with Crippen LogP contribution in [0.15, 0.2) is 180 Å². The average Bonchev–Trinajstić information content (AvgIpc) is 3.74. The summed E-state index contributed by atoms with van der Waals surface area (Å²) in [5.41, 5.74) is 9.88. The van der Waals surface area contributed by atoms with Gasteiger partial charge in [0, 0.05) is 48.0 Å². The minimum absolute atomic E-state index is 0.909. The number of hydrogen-bond donors (Lipinski definition) is 0. The minimum Gasteiger partial charge on any atom is -0.456 e. The van der Waals surface area contributed by atoms with Crippen molar-refractivity contribution in [3.8, 4) is 22.3 Å². The van der Waals surface area contributed by atoms with E-state index in [0.717, 1.165) is 44.6 Å². The predicted molar refractivity (Wildman–Crippen MR) is 210 cm³/mol. The van der Waals surface area contributed by atoms with Crippen LogP contribution >= 0.6 is 11.3 Å². The van der Waals surface area contributed by atoms with Crippen molar-refractivity contribution in [3.05, 3.63) is 176 Å². The van der Waals surface area contributed by atoms with Gasteiger partial charge in [0.25, 0.3) is 0 Å². The number of nitrogens with zero attached hydrogens (tertiary/aromatic N) is 1. The SMILES string of the molecule is c1cc(-c2ccc3ccccc3c2)cc(N(c2ccc(-c3cccc4oc5ccccc5c34)cc2)c2ccc3sc4ccccc4c3c2)c1. The van der Waals surface area contributed by atoms with Gasteiger partial charge >= 0.3 is 0 Å². The first-order valence-corrected chi connectivity index (χ1v) is 17.4. The average molecular weight is 644 g/mol. The van der Waals surface area contributed by atoms with Gasteiger partial charge in [0.15, 0.2) is 0 Å². The van der Waals surface area contributed by atoms with Gasteiger partial charge in [-0.15, -0.1) is 11.3 Å². The molecule has 0 saturated heterocycles. The molecule has 10 rings (SSSR count). The van der Waals surface area contributed by atoms with Crippen molar-refractivity contribution >= 4 is 81.3 Å². The zero-order valence-corrected chi connectivity index (χ0v) is 27.3. The van der Waals surface area contributed by atoms with Crippen molar-refractivity contribution in [2.45, 2.75) is 0 Å². The third-order valence-electron chi connectivity index (χ3n) is 9.64. The van der Waals surface area contributed by atoms with Gasteiger partial charge in [-0.3, -0.25) is 0 Å². The summed E-state index contributed by atoms with van der Waals surface area (Å²) >= 11 is 1.85. The lowest BCUT2D eigenvalue weighted by atomic mass is 9.98. The molecule has 0 spiro atoms. The van der Waals surface area contributed by atoms with E-state index in [1.165, 1.54) is 47.6 Å². The van der Waals surface area contributed by atoms with Crippen molar-refractivity contribution in [1.82, 2.24) is 0 Å². The molecule has 0 radical (unpaired) electrons. The van der Waals surface area contributed by atoms with Crippen LogP contribution in [0.1, 0.15) is 0 Å². The standard InChI is InChI=1S/C46H29NOS/c1-2-10-32-27-34(20-19-30(32)9-1)33-11-7-12-36(28-33)47(37-25-26-45-41(29-37)39-13-4-6-18-44(39)49-45)35-23-21-31(22-24-35)38-15-8-17-43-46(38)40-14-3-5-16-42(40)48-43/h1-29H. The van der Waals surface area contributed by atoms with Crippen molar-refractivity contribution < 1.29 is 4.42 Å². The van der Waals surface area contributed by atoms with Crippen LogP contribution in [0.2, 0.25) is 0 Å². The molecule has 0 aliphatic rings. The van der Waals surface area contributed by atoms with Crippen LogP contribution in [0, 0.1) is 0 Å². The molecule has 2 heterocycles. The minimum atomic E-state index is 0.909. The van der Waals surface area contributed by atoms with E-state index in [2.05, 4.69) is 169 Å². The number of fused-ring (bicyclic) bond motifs is 7. The number of hydrogen-bond acceptors (Lipinski definition) is 3. The van der Waals surface area contributed by atoms with E-state index in [9.17, 15) is 0 Å². The van der Waals surface area contributed by atoms with E-state index >= 15 is 0 Å². The Morgan fingerprint density at radius 2 is 1.06 bits per heavy atom. The molecule has 0 unspecified atom stereocenters. The summed E-state index contributed by atoms with van der Waals surface area (Å²) in [5.74, 6) is 0. The van der Waals surface area contributed by atoms with E-state index in [0.29, 0.717) is 0 Å². The smallest absolute Gasteiger partial charge is 0.136 e. The van der Waals surface area contributed by atoms with E-state index in [4.69, 9.17) is 4.42 Å². The van der Waals surface area contributed by atoms with Gasteiger partial charge in [-0.1, -0.05) is 109 Å². The van der Waals surface area contributed by atoms with Crippen LogP contribution in [0.4, 0.5) is 17.1 Å². The summed E-state index contributed by atoms with van der Waals surface area (Å²) in [7, 11) is 0. The summed E-state index contributed by atoms with van der Waals surface area (Å²) in [6.45, 7) is 0. The first kappa shape index (κ1) is 27.9. The predicted octanol–water partition coefficient (Wildman–Crippen LogP) is 13.9. The van der Waals surface area contributed by atoms with E-state index in [-0.39, 0.29) is 0 Å². The van der Waals surface area contributed by atoms with Crippen molar-refractivity contribution in [3.63, 3.8) is 0 Å². The summed E-state index contributed by atoms with van der Waals surface area (Å²) in [6.07, 6.45) is 0. The fraction of sp³-hybridized carbons (Fsp3) is 0. The van der Waals surface area contributed by atoms with Crippen molar-refractivity contribution in [2.75, 3.05) is 4.90 Å². The summed E-state index contributed by atoms with van der Waals surface area (Å²) in [6, 6.07) is 63.4. The normalized spacial score (nSPS) is 11.7. The number of thiophene rings is 1. The molecular formula is C46H29NOS. The quantitative estimate of drug-likeness (QED) is 0.186. The van der Waals surface area contributed by atoms with Crippen molar-refractivity contribution in [1.29, 1.82) is 0 Å². The fourth-order valence-electron chi connectivity index (χ4n) is 7.30. The highest BCUT2D eigenvalue weighted by Crippen LogP contribution is 2.43. The Morgan fingerprint density at radius 3 is 1.98 bits per heavy atom. The Morgan fingerprint density at radius 1 is 0.388 bits per heavy atom. The first-order chi connectivity index (χ1) is 24.3. The molecular weight excluding hydrogens is 615 g/mol. The summed E-state index contributed by atoms with van der Waals surface area (Å²) in [5, 5.41) is 7.36. The zero-order chi connectivity index (χ0) is 32.3. The number of rotatable bonds is 5. The Labute approximate surface area is 287 Å². The summed E-state index contributed by atoms with van der Waals surface area (Å²) in [4.78, 5) is 2.38. The molecule has 0 N–H and O–H groups in total. The second-order valence-electron chi connectivity index (χ2n) is 12.6. The monoisotopic (exact) mass is 643 g/mol. The highest BCUT2D eigenvalue weighted by Gasteiger charge is 2.17. The molecule has 8 aromatic carbocycles. The first-order valence-electron chi connectivity index (χ1n) is 16.6. The van der Waals surface area contributed by atoms with Crippen LogP contribution < -0.4 is 4.90 Å². The maximum absolute atomic E-state index is 6.22. The third-order valence-corrected chi connectivity index (χ3v) is 10.8. The molecule has 0 aliphatic heterocycles. The second-order valence-corrected chi connectivity index (χ2v) is 13.6. The Bertz CT molecular complexity index is 2840. The molecule has 0 amide bonds. The lowest BCUT2D eigenvalue weighted by Gasteiger charge is -2.26. The lowest BCUT2D eigenvalue weighted by molar-refractivity contribution is 0.669. The molecule has 0 fully saturated rings. The Hall–Kier alpha value is -6.16. The molecule has 49 heavy (non-hydrogen) atoms. The molecule has 0 atom stereocenters. The highest BCUT2D eigenvalue weighted by atomic mass is 32.1. The molecule has 0 aliphatic carbocycles. The molecule has 0 saturated carbocycles. The lowest BCUT2D eigenvalue weighted by Crippen LogP contribution is -2.10. The number of para-hydroxylation sites is 1. The van der Waals surface area contributed by atoms with Gasteiger partial charge in [0.2, 0.25) is 0 Å². The van der Waals surface area contributed by atoms with Gasteiger partial charge in [-0.2, -0.15) is 0 Å². The molecule has 230 valence electrons. The van der Waals surface area contributed by atoms with Crippen LogP contribution in [-0.2, 0) is 0 Å². The van der Waals surface area contributed by atoms with Gasteiger partial charge < -0.3 is 9.32 Å². The molecule has 0 bridgehead atoms. The molecule has 10 aromatic rings. The fourth-order valence-corrected chi connectivity index (χ4v) is 8.39. The Balaban J connectivity index is 1.13. The second kappa shape index (κ2) is 11.2.